The maximum atomic E-state index is 6.33. The third kappa shape index (κ3) is 6.73. The highest BCUT2D eigenvalue weighted by atomic mass is 35.5. The third-order valence-electron chi connectivity index (χ3n) is 7.34. The monoisotopic (exact) mass is 551 g/mol. The molecule has 0 bridgehead atoms. The molecule has 7 nitrogen and oxygen atoms in total. The van der Waals surface area contributed by atoms with E-state index < -0.39 is 0 Å². The van der Waals surface area contributed by atoms with Crippen molar-refractivity contribution in [3.05, 3.63) is 71.2 Å². The molecule has 200 valence electrons. The number of thiocarbonyl (C=S) groups is 1. The Bertz CT molecular complexity index is 1240. The van der Waals surface area contributed by atoms with Crippen LogP contribution < -0.4 is 20.3 Å². The van der Waals surface area contributed by atoms with E-state index in [0.717, 1.165) is 48.9 Å². The van der Waals surface area contributed by atoms with Crippen molar-refractivity contribution in [2.45, 2.75) is 38.0 Å². The molecule has 3 heterocycles. The van der Waals surface area contributed by atoms with E-state index in [1.807, 2.05) is 54.6 Å². The molecular weight excluding hydrogens is 518 g/mol. The van der Waals surface area contributed by atoms with Crippen molar-refractivity contribution in [3.63, 3.8) is 0 Å². The molecule has 9 heteroatoms. The average molecular weight is 552 g/mol. The van der Waals surface area contributed by atoms with Gasteiger partial charge in [-0.1, -0.05) is 48.9 Å². The number of nitrogens with zero attached hydrogens (tertiary/aromatic N) is 3. The van der Waals surface area contributed by atoms with Gasteiger partial charge < -0.3 is 25.0 Å². The molecule has 0 aliphatic carbocycles. The summed E-state index contributed by atoms with van der Waals surface area (Å²) in [6, 6.07) is 19.6. The van der Waals surface area contributed by atoms with Gasteiger partial charge in [0.2, 0.25) is 11.8 Å². The van der Waals surface area contributed by atoms with Crippen LogP contribution in [0.4, 0.5) is 11.8 Å². The van der Waals surface area contributed by atoms with Crippen molar-refractivity contribution in [2.75, 3.05) is 43.1 Å². The minimum Gasteiger partial charge on any atom is -0.439 e. The molecule has 2 fully saturated rings. The quantitative estimate of drug-likeness (QED) is 0.337. The second-order valence-electron chi connectivity index (χ2n) is 10.2. The number of piperidine rings is 1. The van der Waals surface area contributed by atoms with Gasteiger partial charge in [-0.05, 0) is 73.6 Å². The zero-order valence-corrected chi connectivity index (χ0v) is 23.2. The van der Waals surface area contributed by atoms with Gasteiger partial charge in [0.25, 0.3) is 0 Å². The smallest absolute Gasteiger partial charge is 0.234 e. The van der Waals surface area contributed by atoms with E-state index in [-0.39, 0.29) is 5.41 Å². The van der Waals surface area contributed by atoms with Crippen LogP contribution in [0.25, 0.3) is 0 Å². The third-order valence-corrected chi connectivity index (χ3v) is 7.82. The van der Waals surface area contributed by atoms with Gasteiger partial charge >= 0.3 is 0 Å². The fraction of sp³-hybridized carbons (Fsp3) is 0.414. The first kappa shape index (κ1) is 26.7. The van der Waals surface area contributed by atoms with E-state index in [9.17, 15) is 0 Å². The van der Waals surface area contributed by atoms with Gasteiger partial charge in [-0.2, -0.15) is 9.97 Å². The van der Waals surface area contributed by atoms with Crippen LogP contribution in [0.1, 0.15) is 38.2 Å². The van der Waals surface area contributed by atoms with Gasteiger partial charge in [0, 0.05) is 49.4 Å². The van der Waals surface area contributed by atoms with Crippen molar-refractivity contribution in [1.82, 2.24) is 15.3 Å². The molecule has 38 heavy (non-hydrogen) atoms. The van der Waals surface area contributed by atoms with Crippen LogP contribution in [0, 0.1) is 5.92 Å². The van der Waals surface area contributed by atoms with Crippen molar-refractivity contribution < 1.29 is 9.47 Å². The number of rotatable bonds is 7. The van der Waals surface area contributed by atoms with Crippen molar-refractivity contribution >= 4 is 40.7 Å². The van der Waals surface area contributed by atoms with E-state index in [2.05, 4.69) is 33.5 Å². The molecule has 2 aliphatic rings. The summed E-state index contributed by atoms with van der Waals surface area (Å²) in [5.41, 5.74) is 1.07. The average Bonchev–Trinajstić information content (AvgIpc) is 2.93. The molecule has 0 saturated carbocycles. The fourth-order valence-electron chi connectivity index (χ4n) is 5.23. The lowest BCUT2D eigenvalue weighted by Crippen LogP contribution is -2.45. The minimum atomic E-state index is -0.122. The van der Waals surface area contributed by atoms with Crippen LogP contribution in [0.5, 0.6) is 11.6 Å². The first-order chi connectivity index (χ1) is 18.5. The highest BCUT2D eigenvalue weighted by Crippen LogP contribution is 2.35. The second kappa shape index (κ2) is 12.3. The highest BCUT2D eigenvalue weighted by molar-refractivity contribution is 7.80. The standard InChI is InChI=1S/C29H34ClN5O2S/c1-21-7-6-14-35(19-21)25-18-26(37-24-10-3-2-4-11-24)33-27(32-25)34-28(38)31-20-29(12-15-36-16-13-29)22-8-5-9-23(30)17-22/h2-5,8-11,17-18,21H,6-7,12-16,19-20H2,1H3,(H2,31,32,33,34,38)/t21-/m0/s1. The Labute approximate surface area is 234 Å². The van der Waals surface area contributed by atoms with Crippen LogP contribution in [0.2, 0.25) is 5.02 Å². The number of hydrogen-bond donors (Lipinski definition) is 2. The molecule has 2 aromatic carbocycles. The van der Waals surface area contributed by atoms with Crippen LogP contribution in [-0.4, -0.2) is 47.9 Å². The number of ether oxygens (including phenoxy) is 2. The summed E-state index contributed by atoms with van der Waals surface area (Å²) in [6.07, 6.45) is 4.14. The summed E-state index contributed by atoms with van der Waals surface area (Å²) in [5.74, 6) is 3.05. The Morgan fingerprint density at radius 2 is 1.95 bits per heavy atom. The van der Waals surface area contributed by atoms with Crippen LogP contribution in [-0.2, 0) is 10.2 Å². The Hall–Kier alpha value is -2.94. The summed E-state index contributed by atoms with van der Waals surface area (Å²) in [5, 5.41) is 7.83. The predicted molar refractivity (Wildman–Crippen MR) is 157 cm³/mol. The zero-order valence-electron chi connectivity index (χ0n) is 21.7. The summed E-state index contributed by atoms with van der Waals surface area (Å²) in [7, 11) is 0. The molecule has 5 rings (SSSR count). The van der Waals surface area contributed by atoms with Crippen molar-refractivity contribution in [1.29, 1.82) is 0 Å². The lowest BCUT2D eigenvalue weighted by molar-refractivity contribution is 0.0515. The number of para-hydroxylation sites is 1. The largest absolute Gasteiger partial charge is 0.439 e. The predicted octanol–water partition coefficient (Wildman–Crippen LogP) is 6.19. The lowest BCUT2D eigenvalue weighted by atomic mass is 9.74. The number of nitrogens with one attached hydrogen (secondary N) is 2. The fourth-order valence-corrected chi connectivity index (χ4v) is 5.59. The molecule has 0 radical (unpaired) electrons. The number of benzene rings is 2. The van der Waals surface area contributed by atoms with Crippen molar-refractivity contribution in [3.8, 4) is 11.6 Å². The molecule has 1 aromatic heterocycles. The first-order valence-electron chi connectivity index (χ1n) is 13.2. The molecule has 3 aromatic rings. The number of aromatic nitrogens is 2. The van der Waals surface area contributed by atoms with Crippen LogP contribution >= 0.6 is 23.8 Å². The second-order valence-corrected chi connectivity index (χ2v) is 11.1. The SMILES string of the molecule is C[C@H]1CCCN(c2cc(Oc3ccccc3)nc(NC(=S)NCC3(c4cccc(Cl)c4)CCOCC3)n2)C1. The zero-order chi connectivity index (χ0) is 26.4. The van der Waals surface area contributed by atoms with Gasteiger partial charge in [-0.15, -0.1) is 0 Å². The van der Waals surface area contributed by atoms with Gasteiger partial charge in [0.1, 0.15) is 11.6 Å². The van der Waals surface area contributed by atoms with E-state index in [1.165, 1.54) is 12.0 Å². The maximum Gasteiger partial charge on any atom is 0.234 e. The highest BCUT2D eigenvalue weighted by Gasteiger charge is 2.35. The molecular formula is C29H34ClN5O2S. The summed E-state index contributed by atoms with van der Waals surface area (Å²) >= 11 is 12.0. The van der Waals surface area contributed by atoms with Gasteiger partial charge in [0.05, 0.1) is 0 Å². The topological polar surface area (TPSA) is 71.5 Å². The van der Waals surface area contributed by atoms with E-state index in [0.29, 0.717) is 42.6 Å². The maximum absolute atomic E-state index is 6.33. The Morgan fingerprint density at radius 1 is 1.13 bits per heavy atom. The van der Waals surface area contributed by atoms with Crippen molar-refractivity contribution in [2.24, 2.45) is 5.92 Å². The summed E-state index contributed by atoms with van der Waals surface area (Å²) < 4.78 is 11.8. The van der Waals surface area contributed by atoms with Crippen LogP contribution in [0.3, 0.4) is 0 Å². The number of halogens is 1. The van der Waals surface area contributed by atoms with Crippen LogP contribution in [0.15, 0.2) is 60.7 Å². The first-order valence-corrected chi connectivity index (χ1v) is 14.0. The molecule has 1 atom stereocenters. The van der Waals surface area contributed by atoms with E-state index in [4.69, 9.17) is 38.3 Å². The molecule has 2 aliphatic heterocycles. The summed E-state index contributed by atoms with van der Waals surface area (Å²) in [4.78, 5) is 11.7. The minimum absolute atomic E-state index is 0.122. The molecule has 0 amide bonds. The van der Waals surface area contributed by atoms with Gasteiger partial charge in [0.15, 0.2) is 5.11 Å². The van der Waals surface area contributed by atoms with E-state index in [1.54, 1.807) is 0 Å². The Kier molecular flexibility index (Phi) is 8.61. The molecule has 0 spiro atoms. The van der Waals surface area contributed by atoms with Gasteiger partial charge in [-0.3, -0.25) is 0 Å². The normalized spacial score (nSPS) is 19.0. The lowest BCUT2D eigenvalue weighted by Gasteiger charge is -2.38. The Balaban J connectivity index is 1.33. The number of anilines is 2. The number of hydrogen-bond acceptors (Lipinski definition) is 6. The molecule has 0 unspecified atom stereocenters. The van der Waals surface area contributed by atoms with E-state index >= 15 is 0 Å². The summed E-state index contributed by atoms with van der Waals surface area (Å²) in [6.45, 7) is 6.24. The molecule has 2 saturated heterocycles. The van der Waals surface area contributed by atoms with Gasteiger partial charge in [-0.25, -0.2) is 0 Å². The molecule has 2 N–H and O–H groups in total. The Morgan fingerprint density at radius 3 is 2.71 bits per heavy atom.